The third-order valence-corrected chi connectivity index (χ3v) is 3.53. The Labute approximate surface area is 135 Å². The first-order valence-corrected chi connectivity index (χ1v) is 7.43. The Hall–Kier alpha value is -2.47. The Bertz CT molecular complexity index is 770. The van der Waals surface area contributed by atoms with Crippen molar-refractivity contribution in [3.63, 3.8) is 0 Å². The summed E-state index contributed by atoms with van der Waals surface area (Å²) >= 11 is 3.33. The first-order valence-electron chi connectivity index (χ1n) is 6.64. The molecule has 6 heteroatoms. The number of nitrogens with one attached hydrogen (secondary N) is 1. The van der Waals surface area contributed by atoms with Gasteiger partial charge in [0, 0.05) is 15.6 Å². The molecule has 0 aliphatic carbocycles. The molecule has 0 saturated carbocycles. The zero-order chi connectivity index (χ0) is 15.4. The van der Waals surface area contributed by atoms with Gasteiger partial charge in [-0.2, -0.15) is 4.98 Å². The number of halogens is 1. The van der Waals surface area contributed by atoms with E-state index in [1.807, 2.05) is 42.5 Å². The van der Waals surface area contributed by atoms with Gasteiger partial charge in [0.15, 0.2) is 5.82 Å². The van der Waals surface area contributed by atoms with Crippen molar-refractivity contribution in [3.05, 3.63) is 70.5 Å². The van der Waals surface area contributed by atoms with E-state index >= 15 is 0 Å². The Morgan fingerprint density at radius 3 is 2.55 bits per heavy atom. The van der Waals surface area contributed by atoms with E-state index < -0.39 is 0 Å². The van der Waals surface area contributed by atoms with Crippen molar-refractivity contribution in [1.29, 1.82) is 0 Å². The van der Waals surface area contributed by atoms with Crippen molar-refractivity contribution in [2.24, 2.45) is 0 Å². The standard InChI is InChI=1S/C16H12BrN3O2/c17-13-8-6-11(7-9-13)15(21)18-10-14-19-16(22-20-14)12-4-2-1-3-5-12/h1-9H,10H2,(H,18,21). The number of benzene rings is 2. The quantitative estimate of drug-likeness (QED) is 0.776. The summed E-state index contributed by atoms with van der Waals surface area (Å²) < 4.78 is 6.11. The normalized spacial score (nSPS) is 10.4. The maximum absolute atomic E-state index is 12.0. The van der Waals surface area contributed by atoms with Gasteiger partial charge in [0.25, 0.3) is 11.8 Å². The van der Waals surface area contributed by atoms with Gasteiger partial charge in [-0.05, 0) is 36.4 Å². The number of amides is 1. The SMILES string of the molecule is O=C(NCc1noc(-c2ccccc2)n1)c1ccc(Br)cc1. The summed E-state index contributed by atoms with van der Waals surface area (Å²) in [6.07, 6.45) is 0. The molecule has 1 amide bonds. The molecular weight excluding hydrogens is 346 g/mol. The van der Waals surface area contributed by atoms with Crippen molar-refractivity contribution in [3.8, 4) is 11.5 Å². The molecule has 0 fully saturated rings. The van der Waals surface area contributed by atoms with E-state index in [9.17, 15) is 4.79 Å². The van der Waals surface area contributed by atoms with Crippen LogP contribution < -0.4 is 5.32 Å². The molecule has 5 nitrogen and oxygen atoms in total. The zero-order valence-electron chi connectivity index (χ0n) is 11.5. The van der Waals surface area contributed by atoms with Gasteiger partial charge in [-0.3, -0.25) is 4.79 Å². The van der Waals surface area contributed by atoms with E-state index in [1.165, 1.54) is 0 Å². The predicted molar refractivity (Wildman–Crippen MR) is 85.0 cm³/mol. The second kappa shape index (κ2) is 6.53. The van der Waals surface area contributed by atoms with E-state index in [4.69, 9.17) is 4.52 Å². The molecule has 0 saturated heterocycles. The minimum atomic E-state index is -0.182. The second-order valence-corrected chi connectivity index (χ2v) is 5.49. The first-order chi connectivity index (χ1) is 10.7. The van der Waals surface area contributed by atoms with Crippen molar-refractivity contribution < 1.29 is 9.32 Å². The van der Waals surface area contributed by atoms with E-state index in [-0.39, 0.29) is 12.5 Å². The van der Waals surface area contributed by atoms with E-state index in [0.29, 0.717) is 17.3 Å². The van der Waals surface area contributed by atoms with Crippen LogP contribution in [0.3, 0.4) is 0 Å². The summed E-state index contributed by atoms with van der Waals surface area (Å²) in [6, 6.07) is 16.6. The van der Waals surface area contributed by atoms with E-state index in [2.05, 4.69) is 31.4 Å². The lowest BCUT2D eigenvalue weighted by atomic mass is 10.2. The number of nitrogens with zero attached hydrogens (tertiary/aromatic N) is 2. The van der Waals surface area contributed by atoms with Crippen molar-refractivity contribution in [1.82, 2.24) is 15.5 Å². The summed E-state index contributed by atoms with van der Waals surface area (Å²) in [5.41, 5.74) is 1.43. The van der Waals surface area contributed by atoms with Crippen LogP contribution in [0.25, 0.3) is 11.5 Å². The average molecular weight is 358 g/mol. The summed E-state index contributed by atoms with van der Waals surface area (Å²) in [5, 5.41) is 6.62. The highest BCUT2D eigenvalue weighted by atomic mass is 79.9. The first kappa shape index (κ1) is 14.5. The third-order valence-electron chi connectivity index (χ3n) is 3.00. The number of hydrogen-bond donors (Lipinski definition) is 1. The Morgan fingerprint density at radius 1 is 1.09 bits per heavy atom. The number of hydrogen-bond acceptors (Lipinski definition) is 4. The summed E-state index contributed by atoms with van der Waals surface area (Å²) in [7, 11) is 0. The summed E-state index contributed by atoms with van der Waals surface area (Å²) in [4.78, 5) is 16.3. The molecule has 0 radical (unpaired) electrons. The predicted octanol–water partition coefficient (Wildman–Crippen LogP) is 3.43. The van der Waals surface area contributed by atoms with Crippen LogP contribution in [0.2, 0.25) is 0 Å². The average Bonchev–Trinajstić information content (AvgIpc) is 3.03. The highest BCUT2D eigenvalue weighted by Gasteiger charge is 2.10. The van der Waals surface area contributed by atoms with Crippen LogP contribution in [0.15, 0.2) is 63.6 Å². The van der Waals surface area contributed by atoms with Crippen LogP contribution in [0.1, 0.15) is 16.2 Å². The fourth-order valence-corrected chi connectivity index (χ4v) is 2.15. The van der Waals surface area contributed by atoms with Gasteiger partial charge in [-0.1, -0.05) is 39.3 Å². The van der Waals surface area contributed by atoms with Gasteiger partial charge < -0.3 is 9.84 Å². The molecule has 0 aliphatic heterocycles. The van der Waals surface area contributed by atoms with E-state index in [0.717, 1.165) is 10.0 Å². The van der Waals surface area contributed by atoms with Gasteiger partial charge in [0.2, 0.25) is 0 Å². The van der Waals surface area contributed by atoms with Crippen molar-refractivity contribution >= 4 is 21.8 Å². The Morgan fingerprint density at radius 2 is 1.82 bits per heavy atom. The number of carbonyl (C=O) groups is 1. The van der Waals surface area contributed by atoms with Gasteiger partial charge in [-0.15, -0.1) is 0 Å². The van der Waals surface area contributed by atoms with Gasteiger partial charge in [0.05, 0.1) is 6.54 Å². The largest absolute Gasteiger partial charge is 0.345 e. The highest BCUT2D eigenvalue weighted by molar-refractivity contribution is 9.10. The molecule has 0 atom stereocenters. The van der Waals surface area contributed by atoms with Crippen LogP contribution in [-0.2, 0) is 6.54 Å². The van der Waals surface area contributed by atoms with Crippen molar-refractivity contribution in [2.75, 3.05) is 0 Å². The second-order valence-electron chi connectivity index (χ2n) is 4.57. The van der Waals surface area contributed by atoms with Gasteiger partial charge in [-0.25, -0.2) is 0 Å². The lowest BCUT2D eigenvalue weighted by Gasteiger charge is -2.02. The van der Waals surface area contributed by atoms with Gasteiger partial charge >= 0.3 is 0 Å². The molecule has 1 heterocycles. The molecule has 0 bridgehead atoms. The smallest absolute Gasteiger partial charge is 0.257 e. The maximum atomic E-state index is 12.0. The molecule has 0 spiro atoms. The lowest BCUT2D eigenvalue weighted by molar-refractivity contribution is 0.0949. The Kier molecular flexibility index (Phi) is 4.29. The van der Waals surface area contributed by atoms with Crippen molar-refractivity contribution in [2.45, 2.75) is 6.54 Å². The monoisotopic (exact) mass is 357 g/mol. The van der Waals surface area contributed by atoms with Crippen LogP contribution in [-0.4, -0.2) is 16.0 Å². The third kappa shape index (κ3) is 3.40. The molecule has 110 valence electrons. The highest BCUT2D eigenvalue weighted by Crippen LogP contribution is 2.16. The topological polar surface area (TPSA) is 68.0 Å². The summed E-state index contributed by atoms with van der Waals surface area (Å²) in [5.74, 6) is 0.691. The maximum Gasteiger partial charge on any atom is 0.257 e. The molecular formula is C16H12BrN3O2. The number of aromatic nitrogens is 2. The molecule has 3 rings (SSSR count). The number of rotatable bonds is 4. The molecule has 22 heavy (non-hydrogen) atoms. The molecule has 0 aliphatic rings. The fourth-order valence-electron chi connectivity index (χ4n) is 1.89. The number of carbonyl (C=O) groups excluding carboxylic acids is 1. The zero-order valence-corrected chi connectivity index (χ0v) is 13.1. The van der Waals surface area contributed by atoms with Crippen LogP contribution >= 0.6 is 15.9 Å². The van der Waals surface area contributed by atoms with E-state index in [1.54, 1.807) is 12.1 Å². The molecule has 1 N–H and O–H groups in total. The van der Waals surface area contributed by atoms with Crippen LogP contribution in [0.5, 0.6) is 0 Å². The fraction of sp³-hybridized carbons (Fsp3) is 0.0625. The van der Waals surface area contributed by atoms with Gasteiger partial charge in [0.1, 0.15) is 0 Å². The molecule has 0 unspecified atom stereocenters. The molecule has 2 aromatic carbocycles. The minimum absolute atomic E-state index is 0.182. The summed E-state index contributed by atoms with van der Waals surface area (Å²) in [6.45, 7) is 0.214. The van der Waals surface area contributed by atoms with Crippen LogP contribution in [0, 0.1) is 0 Å². The molecule has 3 aromatic rings. The molecule has 1 aromatic heterocycles. The lowest BCUT2D eigenvalue weighted by Crippen LogP contribution is -2.23. The minimum Gasteiger partial charge on any atom is -0.345 e. The Balaban J connectivity index is 1.64. The van der Waals surface area contributed by atoms with Crippen LogP contribution in [0.4, 0.5) is 0 Å².